The fraction of sp³-hybridized carbons (Fsp3) is 0.727. The third kappa shape index (κ3) is 8.51. The first-order valence-corrected chi connectivity index (χ1v) is 5.64. The zero-order valence-corrected chi connectivity index (χ0v) is 10.9. The zero-order chi connectivity index (χ0) is 14.2. The second-order valence-electron chi connectivity index (χ2n) is 4.64. The standard InChI is InChI=1S/C11H20N2O5/c1-4-11(2,3)7-12-10(17)13-8(14)5-18-6-9(15)16/h4-7H2,1-3H3,(H,15,16)(H2,12,13,14,17). The summed E-state index contributed by atoms with van der Waals surface area (Å²) in [4.78, 5) is 32.6. The van der Waals surface area contributed by atoms with Crippen molar-refractivity contribution in [1.29, 1.82) is 0 Å². The summed E-state index contributed by atoms with van der Waals surface area (Å²) in [5.74, 6) is -1.85. The molecule has 0 aliphatic heterocycles. The molecule has 0 radical (unpaired) electrons. The van der Waals surface area contributed by atoms with E-state index >= 15 is 0 Å². The van der Waals surface area contributed by atoms with Gasteiger partial charge in [0, 0.05) is 6.54 Å². The maximum atomic E-state index is 11.3. The summed E-state index contributed by atoms with van der Waals surface area (Å²) in [6, 6.07) is -0.611. The van der Waals surface area contributed by atoms with Gasteiger partial charge >= 0.3 is 12.0 Å². The van der Waals surface area contributed by atoms with Crippen LogP contribution in [0.5, 0.6) is 0 Å². The Bertz CT molecular complexity index is 315. The van der Waals surface area contributed by atoms with E-state index in [0.29, 0.717) is 6.54 Å². The highest BCUT2D eigenvalue weighted by atomic mass is 16.5. The van der Waals surface area contributed by atoms with E-state index in [1.807, 2.05) is 26.1 Å². The monoisotopic (exact) mass is 260 g/mol. The maximum absolute atomic E-state index is 11.3. The molecule has 0 aliphatic carbocycles. The topological polar surface area (TPSA) is 105 Å². The number of hydrogen-bond acceptors (Lipinski definition) is 4. The molecule has 104 valence electrons. The van der Waals surface area contributed by atoms with Crippen molar-refractivity contribution in [3.8, 4) is 0 Å². The molecule has 18 heavy (non-hydrogen) atoms. The number of ether oxygens (including phenoxy) is 1. The molecule has 0 saturated carbocycles. The summed E-state index contributed by atoms with van der Waals surface area (Å²) < 4.78 is 4.53. The van der Waals surface area contributed by atoms with Crippen LogP contribution in [0.15, 0.2) is 0 Å². The van der Waals surface area contributed by atoms with E-state index in [1.54, 1.807) is 0 Å². The summed E-state index contributed by atoms with van der Waals surface area (Å²) in [5.41, 5.74) is -0.0415. The number of carboxylic acids is 1. The van der Waals surface area contributed by atoms with Gasteiger partial charge in [-0.2, -0.15) is 0 Å². The van der Waals surface area contributed by atoms with Crippen molar-refractivity contribution in [3.05, 3.63) is 0 Å². The Morgan fingerprint density at radius 3 is 2.33 bits per heavy atom. The van der Waals surface area contributed by atoms with Crippen LogP contribution in [0.4, 0.5) is 4.79 Å². The van der Waals surface area contributed by atoms with Gasteiger partial charge < -0.3 is 15.2 Å². The summed E-state index contributed by atoms with van der Waals surface area (Å²) in [7, 11) is 0. The van der Waals surface area contributed by atoms with Crippen LogP contribution >= 0.6 is 0 Å². The Labute approximate surface area is 106 Å². The number of rotatable bonds is 7. The molecule has 0 bridgehead atoms. The van der Waals surface area contributed by atoms with Gasteiger partial charge in [-0.15, -0.1) is 0 Å². The number of aliphatic carboxylic acids is 1. The highest BCUT2D eigenvalue weighted by molar-refractivity contribution is 5.94. The SMILES string of the molecule is CCC(C)(C)CNC(=O)NC(=O)COCC(=O)O. The average molecular weight is 260 g/mol. The van der Waals surface area contributed by atoms with Crippen LogP contribution in [0.25, 0.3) is 0 Å². The number of hydrogen-bond donors (Lipinski definition) is 3. The first kappa shape index (κ1) is 16.4. The molecule has 0 unspecified atom stereocenters. The van der Waals surface area contributed by atoms with E-state index in [4.69, 9.17) is 5.11 Å². The molecular formula is C11H20N2O5. The number of imide groups is 1. The molecule has 0 aromatic rings. The van der Waals surface area contributed by atoms with E-state index in [-0.39, 0.29) is 5.41 Å². The van der Waals surface area contributed by atoms with Crippen molar-refractivity contribution in [2.75, 3.05) is 19.8 Å². The van der Waals surface area contributed by atoms with Gasteiger partial charge in [0.15, 0.2) is 0 Å². The second kappa shape index (κ2) is 7.65. The summed E-state index contributed by atoms with van der Waals surface area (Å²) in [5, 5.41) is 12.9. The molecule has 0 spiro atoms. The molecule has 0 aromatic heterocycles. The van der Waals surface area contributed by atoms with Crippen LogP contribution < -0.4 is 10.6 Å². The molecule has 0 fully saturated rings. The Morgan fingerprint density at radius 1 is 1.22 bits per heavy atom. The Hall–Kier alpha value is -1.63. The molecule has 0 saturated heterocycles. The van der Waals surface area contributed by atoms with Gasteiger partial charge in [0.25, 0.3) is 5.91 Å². The van der Waals surface area contributed by atoms with E-state index in [2.05, 4.69) is 10.1 Å². The number of amides is 3. The molecule has 0 aliphatic rings. The predicted octanol–water partition coefficient (Wildman–Crippen LogP) is 0.350. The van der Waals surface area contributed by atoms with Crippen LogP contribution in [0.1, 0.15) is 27.2 Å². The number of carboxylic acid groups (broad SMARTS) is 1. The van der Waals surface area contributed by atoms with Gasteiger partial charge in [-0.05, 0) is 11.8 Å². The quantitative estimate of drug-likeness (QED) is 0.612. The predicted molar refractivity (Wildman–Crippen MR) is 64.1 cm³/mol. The zero-order valence-electron chi connectivity index (χ0n) is 10.9. The first-order chi connectivity index (χ1) is 8.26. The number of carbonyl (C=O) groups excluding carboxylic acids is 2. The third-order valence-corrected chi connectivity index (χ3v) is 2.40. The van der Waals surface area contributed by atoms with Crippen LogP contribution in [0.3, 0.4) is 0 Å². The van der Waals surface area contributed by atoms with Crippen molar-refractivity contribution in [2.45, 2.75) is 27.2 Å². The van der Waals surface area contributed by atoms with Gasteiger partial charge in [0.2, 0.25) is 0 Å². The second-order valence-corrected chi connectivity index (χ2v) is 4.64. The normalized spacial score (nSPS) is 10.8. The van der Waals surface area contributed by atoms with Crippen molar-refractivity contribution in [3.63, 3.8) is 0 Å². The number of carbonyl (C=O) groups is 3. The van der Waals surface area contributed by atoms with E-state index in [1.165, 1.54) is 0 Å². The van der Waals surface area contributed by atoms with Gasteiger partial charge in [-0.25, -0.2) is 9.59 Å². The highest BCUT2D eigenvalue weighted by Gasteiger charge is 2.16. The summed E-state index contributed by atoms with van der Waals surface area (Å²) in [6.07, 6.45) is 0.892. The van der Waals surface area contributed by atoms with Crippen LogP contribution in [-0.4, -0.2) is 42.8 Å². The molecule has 7 heteroatoms. The third-order valence-electron chi connectivity index (χ3n) is 2.40. The summed E-state index contributed by atoms with van der Waals surface area (Å²) >= 11 is 0. The molecule has 0 heterocycles. The highest BCUT2D eigenvalue weighted by Crippen LogP contribution is 2.17. The van der Waals surface area contributed by atoms with Crippen molar-refractivity contribution in [2.24, 2.45) is 5.41 Å². The van der Waals surface area contributed by atoms with Crippen LogP contribution in [0, 0.1) is 5.41 Å². The van der Waals surface area contributed by atoms with Crippen LogP contribution in [-0.2, 0) is 14.3 Å². The van der Waals surface area contributed by atoms with E-state index in [9.17, 15) is 14.4 Å². The van der Waals surface area contributed by atoms with Gasteiger partial charge in [-0.3, -0.25) is 10.1 Å². The van der Waals surface area contributed by atoms with E-state index in [0.717, 1.165) is 6.42 Å². The molecule has 0 aromatic carbocycles. The van der Waals surface area contributed by atoms with Gasteiger partial charge in [-0.1, -0.05) is 20.8 Å². The van der Waals surface area contributed by atoms with Crippen molar-refractivity contribution in [1.82, 2.24) is 10.6 Å². The largest absolute Gasteiger partial charge is 0.480 e. The lowest BCUT2D eigenvalue weighted by molar-refractivity contribution is -0.143. The fourth-order valence-electron chi connectivity index (χ4n) is 0.883. The molecule has 0 atom stereocenters. The molecule has 3 amide bonds. The Morgan fingerprint density at radius 2 is 1.83 bits per heavy atom. The minimum Gasteiger partial charge on any atom is -0.480 e. The number of urea groups is 1. The number of nitrogens with one attached hydrogen (secondary N) is 2. The van der Waals surface area contributed by atoms with Crippen molar-refractivity contribution < 1.29 is 24.2 Å². The lowest BCUT2D eigenvalue weighted by atomic mass is 9.90. The van der Waals surface area contributed by atoms with E-state index < -0.39 is 31.1 Å². The molecule has 0 rings (SSSR count). The Balaban J connectivity index is 3.81. The lowest BCUT2D eigenvalue weighted by Crippen LogP contribution is -2.44. The summed E-state index contributed by atoms with van der Waals surface area (Å²) in [6.45, 7) is 5.40. The first-order valence-electron chi connectivity index (χ1n) is 5.64. The maximum Gasteiger partial charge on any atom is 0.329 e. The molecular weight excluding hydrogens is 240 g/mol. The Kier molecular flexibility index (Phi) is 6.96. The molecule has 7 nitrogen and oxygen atoms in total. The molecule has 3 N–H and O–H groups in total. The fourth-order valence-corrected chi connectivity index (χ4v) is 0.883. The smallest absolute Gasteiger partial charge is 0.329 e. The van der Waals surface area contributed by atoms with Gasteiger partial charge in [0.05, 0.1) is 0 Å². The van der Waals surface area contributed by atoms with Crippen molar-refractivity contribution >= 4 is 17.9 Å². The average Bonchev–Trinajstić information content (AvgIpc) is 2.26. The minimum atomic E-state index is -1.17. The lowest BCUT2D eigenvalue weighted by Gasteiger charge is -2.22. The van der Waals surface area contributed by atoms with Crippen LogP contribution in [0.2, 0.25) is 0 Å². The minimum absolute atomic E-state index is 0.0415. The van der Waals surface area contributed by atoms with Gasteiger partial charge in [0.1, 0.15) is 13.2 Å².